The van der Waals surface area contributed by atoms with E-state index in [1.807, 2.05) is 24.3 Å². The molecule has 0 saturated heterocycles. The first-order valence-corrected chi connectivity index (χ1v) is 10.3. The quantitative estimate of drug-likeness (QED) is 0.466. The van der Waals surface area contributed by atoms with E-state index in [0.29, 0.717) is 16.8 Å². The minimum atomic E-state index is -0.686. The molecule has 1 N–H and O–H groups in total. The molecule has 164 valence electrons. The molecule has 0 aliphatic rings. The molecule has 3 aromatic heterocycles. The number of benzene rings is 1. The second kappa shape index (κ2) is 8.30. The lowest BCUT2D eigenvalue weighted by Crippen LogP contribution is -2.19. The molecule has 4 rings (SSSR count). The van der Waals surface area contributed by atoms with E-state index in [1.54, 1.807) is 27.7 Å². The zero-order valence-electron chi connectivity index (χ0n) is 18.2. The van der Waals surface area contributed by atoms with Gasteiger partial charge < -0.3 is 18.9 Å². The van der Waals surface area contributed by atoms with Crippen LogP contribution in [0.4, 0.5) is 0 Å². The molecule has 8 heteroatoms. The Morgan fingerprint density at radius 3 is 2.38 bits per heavy atom. The number of para-hydroxylation sites is 1. The van der Waals surface area contributed by atoms with Crippen molar-refractivity contribution in [3.05, 3.63) is 63.1 Å². The smallest absolute Gasteiger partial charge is 0.340 e. The molecular weight excluding hydrogens is 412 g/mol. The molecule has 0 aliphatic heterocycles. The van der Waals surface area contributed by atoms with Crippen LogP contribution in [0.1, 0.15) is 45.8 Å². The highest BCUT2D eigenvalue weighted by molar-refractivity contribution is 6.06. The van der Waals surface area contributed by atoms with E-state index in [9.17, 15) is 14.4 Å². The Balaban J connectivity index is 2.02. The molecule has 8 nitrogen and oxygen atoms in total. The number of hydrogen-bond donors (Lipinski definition) is 1. The summed E-state index contributed by atoms with van der Waals surface area (Å²) in [4.78, 5) is 46.3. The average molecular weight is 434 g/mol. The third-order valence-electron chi connectivity index (χ3n) is 5.27. The number of carbonyl (C=O) groups is 2. The highest BCUT2D eigenvalue weighted by Gasteiger charge is 2.28. The molecule has 0 spiro atoms. The Morgan fingerprint density at radius 2 is 1.69 bits per heavy atom. The van der Waals surface area contributed by atoms with Gasteiger partial charge in [-0.2, -0.15) is 0 Å². The molecule has 0 amide bonds. The number of ether oxygens (including phenoxy) is 2. The number of rotatable bonds is 5. The van der Waals surface area contributed by atoms with Crippen LogP contribution in [-0.2, 0) is 9.47 Å². The summed E-state index contributed by atoms with van der Waals surface area (Å²) >= 11 is 0. The monoisotopic (exact) mass is 434 g/mol. The van der Waals surface area contributed by atoms with Crippen molar-refractivity contribution in [2.24, 2.45) is 0 Å². The lowest BCUT2D eigenvalue weighted by atomic mass is 9.96. The first kappa shape index (κ1) is 21.3. The Bertz CT molecular complexity index is 1430. The summed E-state index contributed by atoms with van der Waals surface area (Å²) < 4.78 is 16.1. The largest absolute Gasteiger partial charge is 0.462 e. The molecule has 32 heavy (non-hydrogen) atoms. The number of hydrogen-bond acceptors (Lipinski definition) is 7. The van der Waals surface area contributed by atoms with E-state index in [2.05, 4.69) is 9.97 Å². The highest BCUT2D eigenvalue weighted by atomic mass is 16.5. The fourth-order valence-electron chi connectivity index (χ4n) is 3.87. The van der Waals surface area contributed by atoms with Crippen LogP contribution in [0.15, 0.2) is 39.7 Å². The van der Waals surface area contributed by atoms with Crippen molar-refractivity contribution in [2.75, 3.05) is 13.2 Å². The molecule has 0 radical (unpaired) electrons. The van der Waals surface area contributed by atoms with Crippen LogP contribution in [-0.4, -0.2) is 35.1 Å². The minimum Gasteiger partial charge on any atom is -0.462 e. The number of nitrogens with zero attached hydrogens (tertiary/aromatic N) is 1. The Morgan fingerprint density at radius 1 is 1.03 bits per heavy atom. The molecule has 1 aromatic carbocycles. The van der Waals surface area contributed by atoms with Crippen LogP contribution in [0.5, 0.6) is 0 Å². The van der Waals surface area contributed by atoms with Crippen molar-refractivity contribution in [2.45, 2.75) is 27.7 Å². The standard InChI is InChI=1S/C24H22N2O6/c1-5-30-23(28)17-12(3)18(24(29)31-6-2)19(25-13(17)4)15-11-32-22-14-9-7-8-10-16(14)26-20(22)21(15)27/h7-11,26H,5-6H2,1-4H3. The van der Waals surface area contributed by atoms with E-state index in [0.717, 1.165) is 10.9 Å². The van der Waals surface area contributed by atoms with Crippen LogP contribution in [0.2, 0.25) is 0 Å². The van der Waals surface area contributed by atoms with Crippen molar-refractivity contribution in [3.8, 4) is 11.3 Å². The zero-order valence-corrected chi connectivity index (χ0v) is 18.2. The second-order valence-corrected chi connectivity index (χ2v) is 7.21. The normalized spacial score (nSPS) is 11.1. The van der Waals surface area contributed by atoms with E-state index in [4.69, 9.17) is 13.9 Å². The topological polar surface area (TPSA) is 111 Å². The first-order valence-electron chi connectivity index (χ1n) is 10.3. The van der Waals surface area contributed by atoms with Gasteiger partial charge in [0.15, 0.2) is 5.58 Å². The predicted molar refractivity (Wildman–Crippen MR) is 119 cm³/mol. The Hall–Kier alpha value is -3.94. The number of aryl methyl sites for hydroxylation is 1. The van der Waals surface area contributed by atoms with Crippen molar-refractivity contribution < 1.29 is 23.5 Å². The SMILES string of the molecule is CCOC(=O)c1c(C)nc(-c2coc3c([nH]c4ccccc43)c2=O)c(C(=O)OCC)c1C. The van der Waals surface area contributed by atoms with Gasteiger partial charge in [0.05, 0.1) is 41.3 Å². The van der Waals surface area contributed by atoms with Crippen molar-refractivity contribution in [1.29, 1.82) is 0 Å². The second-order valence-electron chi connectivity index (χ2n) is 7.21. The summed E-state index contributed by atoms with van der Waals surface area (Å²) in [5.74, 6) is -1.28. The van der Waals surface area contributed by atoms with Crippen LogP contribution in [0, 0.1) is 13.8 Å². The summed E-state index contributed by atoms with van der Waals surface area (Å²) in [5, 5.41) is 0.773. The van der Waals surface area contributed by atoms with Gasteiger partial charge in [0.1, 0.15) is 11.8 Å². The zero-order chi connectivity index (χ0) is 23.0. The van der Waals surface area contributed by atoms with Crippen molar-refractivity contribution >= 4 is 33.9 Å². The van der Waals surface area contributed by atoms with Gasteiger partial charge in [-0.15, -0.1) is 0 Å². The Labute approximate surface area is 183 Å². The molecule has 0 fully saturated rings. The first-order chi connectivity index (χ1) is 15.4. The number of fused-ring (bicyclic) bond motifs is 3. The summed E-state index contributed by atoms with van der Waals surface area (Å²) in [6.45, 7) is 6.90. The van der Waals surface area contributed by atoms with Gasteiger partial charge in [-0.05, 0) is 45.4 Å². The maximum atomic E-state index is 13.4. The van der Waals surface area contributed by atoms with E-state index < -0.39 is 11.9 Å². The van der Waals surface area contributed by atoms with Crippen LogP contribution >= 0.6 is 0 Å². The van der Waals surface area contributed by atoms with Crippen LogP contribution in [0.25, 0.3) is 33.3 Å². The minimum absolute atomic E-state index is 0.0308. The molecule has 0 bridgehead atoms. The number of carbonyl (C=O) groups excluding carboxylic acids is 2. The molecular formula is C24H22N2O6. The molecule has 0 atom stereocenters. The van der Waals surface area contributed by atoms with Gasteiger partial charge >= 0.3 is 11.9 Å². The maximum absolute atomic E-state index is 13.4. The number of pyridine rings is 1. The maximum Gasteiger partial charge on any atom is 0.340 e. The molecule has 4 aromatic rings. The lowest BCUT2D eigenvalue weighted by Gasteiger charge is -2.16. The Kier molecular flexibility index (Phi) is 5.52. The lowest BCUT2D eigenvalue weighted by molar-refractivity contribution is 0.0522. The molecule has 0 unspecified atom stereocenters. The third kappa shape index (κ3) is 3.33. The fourth-order valence-corrected chi connectivity index (χ4v) is 3.87. The number of esters is 2. The van der Waals surface area contributed by atoms with Gasteiger partial charge in [0, 0.05) is 10.9 Å². The molecule has 0 aliphatic carbocycles. The van der Waals surface area contributed by atoms with E-state index in [-0.39, 0.29) is 46.5 Å². The van der Waals surface area contributed by atoms with Gasteiger partial charge in [-0.3, -0.25) is 9.78 Å². The van der Waals surface area contributed by atoms with E-state index in [1.165, 1.54) is 6.26 Å². The summed E-state index contributed by atoms with van der Waals surface area (Å²) in [7, 11) is 0. The number of H-pyrrole nitrogens is 1. The summed E-state index contributed by atoms with van der Waals surface area (Å²) in [6, 6.07) is 7.39. The molecule has 0 saturated carbocycles. The third-order valence-corrected chi connectivity index (χ3v) is 5.27. The van der Waals surface area contributed by atoms with Crippen LogP contribution in [0.3, 0.4) is 0 Å². The van der Waals surface area contributed by atoms with Crippen molar-refractivity contribution in [1.82, 2.24) is 9.97 Å². The van der Waals surface area contributed by atoms with Gasteiger partial charge in [-0.1, -0.05) is 12.1 Å². The highest BCUT2D eigenvalue weighted by Crippen LogP contribution is 2.30. The summed E-state index contributed by atoms with van der Waals surface area (Å²) in [6.07, 6.45) is 1.29. The van der Waals surface area contributed by atoms with Gasteiger partial charge in [0.25, 0.3) is 0 Å². The van der Waals surface area contributed by atoms with Crippen LogP contribution < -0.4 is 5.43 Å². The predicted octanol–water partition coefficient (Wildman–Crippen LogP) is 4.31. The average Bonchev–Trinajstić information content (AvgIpc) is 3.14. The fraction of sp³-hybridized carbons (Fsp3) is 0.250. The number of aromatic amines is 1. The van der Waals surface area contributed by atoms with Crippen molar-refractivity contribution in [3.63, 3.8) is 0 Å². The number of aromatic nitrogens is 2. The number of nitrogens with one attached hydrogen (secondary N) is 1. The van der Waals surface area contributed by atoms with Gasteiger partial charge in [0.2, 0.25) is 5.43 Å². The molecule has 3 heterocycles. The van der Waals surface area contributed by atoms with E-state index >= 15 is 0 Å². The van der Waals surface area contributed by atoms with Gasteiger partial charge in [-0.25, -0.2) is 9.59 Å². The summed E-state index contributed by atoms with van der Waals surface area (Å²) in [5.41, 5.74) is 2.13.